The van der Waals surface area contributed by atoms with E-state index in [1.165, 1.54) is 19.5 Å². The van der Waals surface area contributed by atoms with Crippen molar-refractivity contribution >= 4 is 11.4 Å². The van der Waals surface area contributed by atoms with E-state index in [-0.39, 0.29) is 0 Å². The summed E-state index contributed by atoms with van der Waals surface area (Å²) < 4.78 is 5.13. The van der Waals surface area contributed by atoms with Gasteiger partial charge in [0.05, 0.1) is 18.5 Å². The highest BCUT2D eigenvalue weighted by Crippen LogP contribution is 2.25. The van der Waals surface area contributed by atoms with Gasteiger partial charge in [-0.1, -0.05) is 0 Å². The third kappa shape index (κ3) is 3.03. The van der Waals surface area contributed by atoms with Crippen LogP contribution < -0.4 is 15.8 Å². The van der Waals surface area contributed by atoms with Gasteiger partial charge < -0.3 is 20.7 Å². The first kappa shape index (κ1) is 12.0. The molecule has 1 aliphatic rings. The van der Waals surface area contributed by atoms with E-state index >= 15 is 0 Å². The van der Waals surface area contributed by atoms with Crippen LogP contribution in [0.15, 0.2) is 18.2 Å². The number of hydrogen-bond acceptors (Lipinski definition) is 4. The minimum atomic E-state index is 0.724. The Balaban J connectivity index is 1.90. The van der Waals surface area contributed by atoms with E-state index in [1.54, 1.807) is 7.11 Å². The Labute approximate surface area is 103 Å². The summed E-state index contributed by atoms with van der Waals surface area (Å²) in [6, 6.07) is 5.76. The van der Waals surface area contributed by atoms with Crippen molar-refractivity contribution < 1.29 is 4.74 Å². The zero-order chi connectivity index (χ0) is 12.3. The molecule has 1 aromatic rings. The van der Waals surface area contributed by atoms with Crippen LogP contribution in [-0.4, -0.2) is 38.7 Å². The molecule has 1 unspecified atom stereocenters. The van der Waals surface area contributed by atoms with Crippen LogP contribution in [0.3, 0.4) is 0 Å². The molecule has 1 aliphatic heterocycles. The third-order valence-corrected chi connectivity index (χ3v) is 3.33. The fourth-order valence-corrected chi connectivity index (χ4v) is 2.28. The number of nitrogens with one attached hydrogen (secondary N) is 1. The largest absolute Gasteiger partial charge is 0.497 e. The summed E-state index contributed by atoms with van der Waals surface area (Å²) in [4.78, 5) is 2.36. The first-order valence-corrected chi connectivity index (χ1v) is 6.05. The molecule has 3 N–H and O–H groups in total. The van der Waals surface area contributed by atoms with Crippen molar-refractivity contribution in [2.75, 3.05) is 44.8 Å². The van der Waals surface area contributed by atoms with Crippen LogP contribution in [-0.2, 0) is 0 Å². The Morgan fingerprint density at radius 3 is 2.94 bits per heavy atom. The molecule has 94 valence electrons. The van der Waals surface area contributed by atoms with Crippen molar-refractivity contribution in [1.29, 1.82) is 0 Å². The van der Waals surface area contributed by atoms with Gasteiger partial charge >= 0.3 is 0 Å². The minimum absolute atomic E-state index is 0.724. The zero-order valence-corrected chi connectivity index (χ0v) is 10.6. The maximum absolute atomic E-state index is 5.96. The molecule has 0 spiro atoms. The number of methoxy groups -OCH3 is 1. The van der Waals surface area contributed by atoms with E-state index in [0.29, 0.717) is 0 Å². The molecule has 0 amide bonds. The van der Waals surface area contributed by atoms with Gasteiger partial charge in [-0.2, -0.15) is 0 Å². The van der Waals surface area contributed by atoms with Gasteiger partial charge in [-0.3, -0.25) is 0 Å². The summed E-state index contributed by atoms with van der Waals surface area (Å²) in [6.07, 6.45) is 1.26. The van der Waals surface area contributed by atoms with Gasteiger partial charge in [-0.25, -0.2) is 0 Å². The van der Waals surface area contributed by atoms with Gasteiger partial charge in [0.1, 0.15) is 5.75 Å². The van der Waals surface area contributed by atoms with E-state index in [9.17, 15) is 0 Å². The molecule has 0 aromatic heterocycles. The number of nitrogens with zero attached hydrogens (tertiary/aromatic N) is 1. The predicted molar refractivity (Wildman–Crippen MR) is 71.5 cm³/mol. The standard InChI is InChI=1S/C13H21N3O/c1-16-6-5-10(9-16)8-15-13-4-3-11(17-2)7-12(13)14/h3-4,7,10,15H,5-6,8-9,14H2,1-2H3. The summed E-state index contributed by atoms with van der Waals surface area (Å²) in [7, 11) is 3.82. The summed E-state index contributed by atoms with van der Waals surface area (Å²) in [6.45, 7) is 3.36. The summed E-state index contributed by atoms with van der Waals surface area (Å²) in [5.41, 5.74) is 7.70. The SMILES string of the molecule is COc1ccc(NCC2CCN(C)C2)c(N)c1. The maximum atomic E-state index is 5.96. The first-order chi connectivity index (χ1) is 8.19. The fraction of sp³-hybridized carbons (Fsp3) is 0.538. The van der Waals surface area contributed by atoms with Crippen LogP contribution in [0.4, 0.5) is 11.4 Å². The number of ether oxygens (including phenoxy) is 1. The fourth-order valence-electron chi connectivity index (χ4n) is 2.28. The van der Waals surface area contributed by atoms with Crippen molar-refractivity contribution in [2.24, 2.45) is 5.92 Å². The molecular weight excluding hydrogens is 214 g/mol. The van der Waals surface area contributed by atoms with Crippen molar-refractivity contribution in [2.45, 2.75) is 6.42 Å². The van der Waals surface area contributed by atoms with Crippen molar-refractivity contribution in [3.63, 3.8) is 0 Å². The van der Waals surface area contributed by atoms with Crippen molar-refractivity contribution in [1.82, 2.24) is 4.90 Å². The predicted octanol–water partition coefficient (Wildman–Crippen LogP) is 1.64. The zero-order valence-electron chi connectivity index (χ0n) is 10.6. The number of nitrogen functional groups attached to an aromatic ring is 1. The van der Waals surface area contributed by atoms with E-state index < -0.39 is 0 Å². The summed E-state index contributed by atoms with van der Waals surface area (Å²) in [5, 5.41) is 3.42. The molecule has 2 rings (SSSR count). The number of benzene rings is 1. The van der Waals surface area contributed by atoms with E-state index in [2.05, 4.69) is 17.3 Å². The number of likely N-dealkylation sites (tertiary alicyclic amines) is 1. The lowest BCUT2D eigenvalue weighted by molar-refractivity contribution is 0.399. The number of hydrogen-bond donors (Lipinski definition) is 2. The second kappa shape index (κ2) is 5.27. The van der Waals surface area contributed by atoms with Gasteiger partial charge in [-0.05, 0) is 38.1 Å². The summed E-state index contributed by atoms with van der Waals surface area (Å²) >= 11 is 0. The maximum Gasteiger partial charge on any atom is 0.121 e. The van der Waals surface area contributed by atoms with Crippen LogP contribution in [0, 0.1) is 5.92 Å². The highest BCUT2D eigenvalue weighted by atomic mass is 16.5. The molecule has 0 radical (unpaired) electrons. The number of rotatable bonds is 4. The van der Waals surface area contributed by atoms with Crippen LogP contribution in [0.1, 0.15) is 6.42 Å². The highest BCUT2D eigenvalue weighted by molar-refractivity contribution is 5.68. The van der Waals surface area contributed by atoms with Gasteiger partial charge in [0, 0.05) is 19.2 Å². The van der Waals surface area contributed by atoms with Crippen LogP contribution in [0.5, 0.6) is 5.75 Å². The Bertz CT molecular complexity index is 381. The summed E-state index contributed by atoms with van der Waals surface area (Å²) in [5.74, 6) is 1.52. The lowest BCUT2D eigenvalue weighted by Gasteiger charge is -2.14. The van der Waals surface area contributed by atoms with E-state index in [4.69, 9.17) is 10.5 Å². The molecule has 0 aliphatic carbocycles. The Morgan fingerprint density at radius 1 is 1.53 bits per heavy atom. The molecule has 17 heavy (non-hydrogen) atoms. The van der Waals surface area contributed by atoms with Gasteiger partial charge in [0.15, 0.2) is 0 Å². The average Bonchev–Trinajstić information content (AvgIpc) is 2.73. The Kier molecular flexibility index (Phi) is 3.74. The lowest BCUT2D eigenvalue weighted by atomic mass is 10.1. The molecule has 1 aromatic carbocycles. The van der Waals surface area contributed by atoms with Crippen LogP contribution in [0.25, 0.3) is 0 Å². The molecule has 1 fully saturated rings. The molecule has 1 atom stereocenters. The van der Waals surface area contributed by atoms with Crippen molar-refractivity contribution in [3.8, 4) is 5.75 Å². The molecule has 1 saturated heterocycles. The smallest absolute Gasteiger partial charge is 0.121 e. The molecule has 4 nitrogen and oxygen atoms in total. The van der Waals surface area contributed by atoms with Crippen LogP contribution in [0.2, 0.25) is 0 Å². The van der Waals surface area contributed by atoms with E-state index in [0.717, 1.165) is 29.6 Å². The second-order valence-electron chi connectivity index (χ2n) is 4.75. The third-order valence-electron chi connectivity index (χ3n) is 3.33. The Morgan fingerprint density at radius 2 is 2.35 bits per heavy atom. The average molecular weight is 235 g/mol. The molecule has 0 saturated carbocycles. The number of anilines is 2. The van der Waals surface area contributed by atoms with Gasteiger partial charge in [0.2, 0.25) is 0 Å². The van der Waals surface area contributed by atoms with Gasteiger partial charge in [0.25, 0.3) is 0 Å². The molecule has 4 heteroatoms. The molecule has 0 bridgehead atoms. The number of nitrogens with two attached hydrogens (primary N) is 1. The highest BCUT2D eigenvalue weighted by Gasteiger charge is 2.19. The van der Waals surface area contributed by atoms with E-state index in [1.807, 2.05) is 18.2 Å². The molecule has 1 heterocycles. The monoisotopic (exact) mass is 235 g/mol. The topological polar surface area (TPSA) is 50.5 Å². The minimum Gasteiger partial charge on any atom is -0.497 e. The lowest BCUT2D eigenvalue weighted by Crippen LogP contribution is -2.19. The van der Waals surface area contributed by atoms with Crippen molar-refractivity contribution in [3.05, 3.63) is 18.2 Å². The van der Waals surface area contributed by atoms with Crippen LogP contribution >= 0.6 is 0 Å². The second-order valence-corrected chi connectivity index (χ2v) is 4.75. The molecular formula is C13H21N3O. The quantitative estimate of drug-likeness (QED) is 0.779. The van der Waals surface area contributed by atoms with Gasteiger partial charge in [-0.15, -0.1) is 0 Å². The first-order valence-electron chi connectivity index (χ1n) is 6.05. The Hall–Kier alpha value is -1.42. The normalized spacial score (nSPS) is 20.5.